The maximum absolute atomic E-state index is 12.3. The van der Waals surface area contributed by atoms with Gasteiger partial charge in [-0.1, -0.05) is 40.5 Å². The molecule has 0 spiro atoms. The van der Waals surface area contributed by atoms with Crippen LogP contribution in [-0.2, 0) is 11.2 Å². The second-order valence-electron chi connectivity index (χ2n) is 4.82. The Bertz CT molecular complexity index is 441. The standard InChI is InChI=1S/C13H15BrClNO/c1-13(4-5-16-8-13)12(17)6-9-2-3-10(14)7-11(9)15/h2-3,7,16H,4-6,8H2,1H3. The first kappa shape index (κ1) is 13.1. The van der Waals surface area contributed by atoms with E-state index in [2.05, 4.69) is 21.2 Å². The number of benzene rings is 1. The van der Waals surface area contributed by atoms with Gasteiger partial charge in [0.15, 0.2) is 0 Å². The smallest absolute Gasteiger partial charge is 0.144 e. The highest BCUT2D eigenvalue weighted by atomic mass is 79.9. The highest BCUT2D eigenvalue weighted by Crippen LogP contribution is 2.29. The summed E-state index contributed by atoms with van der Waals surface area (Å²) in [5.74, 6) is 0.270. The van der Waals surface area contributed by atoms with E-state index >= 15 is 0 Å². The molecule has 4 heteroatoms. The Balaban J connectivity index is 2.13. The molecule has 0 bridgehead atoms. The summed E-state index contributed by atoms with van der Waals surface area (Å²) in [6, 6.07) is 5.67. The fraction of sp³-hybridized carbons (Fsp3) is 0.462. The van der Waals surface area contributed by atoms with Crippen LogP contribution in [0.25, 0.3) is 0 Å². The lowest BCUT2D eigenvalue weighted by molar-refractivity contribution is -0.126. The zero-order valence-electron chi connectivity index (χ0n) is 9.72. The molecule has 1 fully saturated rings. The van der Waals surface area contributed by atoms with Crippen LogP contribution in [-0.4, -0.2) is 18.9 Å². The molecule has 2 nitrogen and oxygen atoms in total. The first-order chi connectivity index (χ1) is 8.01. The molecule has 0 radical (unpaired) electrons. The summed E-state index contributed by atoms with van der Waals surface area (Å²) in [6.45, 7) is 3.73. The second kappa shape index (κ2) is 5.09. The lowest BCUT2D eigenvalue weighted by atomic mass is 9.82. The average molecular weight is 317 g/mol. The number of nitrogens with one attached hydrogen (secondary N) is 1. The Labute approximate surface area is 115 Å². The number of Topliss-reactive ketones (excluding diaryl/α,β-unsaturated/α-hetero) is 1. The molecule has 92 valence electrons. The van der Waals surface area contributed by atoms with Crippen molar-refractivity contribution in [3.8, 4) is 0 Å². The number of hydrogen-bond acceptors (Lipinski definition) is 2. The van der Waals surface area contributed by atoms with Crippen LogP contribution in [0.2, 0.25) is 5.02 Å². The van der Waals surface area contributed by atoms with Gasteiger partial charge in [-0.15, -0.1) is 0 Å². The molecule has 0 amide bonds. The minimum Gasteiger partial charge on any atom is -0.316 e. The first-order valence-electron chi connectivity index (χ1n) is 5.69. The summed E-state index contributed by atoms with van der Waals surface area (Å²) in [4.78, 5) is 12.3. The second-order valence-corrected chi connectivity index (χ2v) is 6.15. The summed E-state index contributed by atoms with van der Waals surface area (Å²) >= 11 is 9.49. The summed E-state index contributed by atoms with van der Waals surface area (Å²) in [7, 11) is 0. The molecule has 17 heavy (non-hydrogen) atoms. The molecular formula is C13H15BrClNO. The van der Waals surface area contributed by atoms with Crippen LogP contribution < -0.4 is 5.32 Å². The first-order valence-corrected chi connectivity index (χ1v) is 6.86. The third-order valence-corrected chi connectivity index (χ3v) is 4.25. The van der Waals surface area contributed by atoms with Crippen molar-refractivity contribution in [2.45, 2.75) is 19.8 Å². The predicted octanol–water partition coefficient (Wildman–Crippen LogP) is 3.21. The van der Waals surface area contributed by atoms with E-state index in [1.165, 1.54) is 0 Å². The highest BCUT2D eigenvalue weighted by Gasteiger charge is 2.35. The summed E-state index contributed by atoms with van der Waals surface area (Å²) in [6.07, 6.45) is 1.34. The Kier molecular flexibility index (Phi) is 3.91. The van der Waals surface area contributed by atoms with Gasteiger partial charge in [0.05, 0.1) is 0 Å². The van der Waals surface area contributed by atoms with E-state index in [1.807, 2.05) is 25.1 Å². The van der Waals surface area contributed by atoms with Crippen LogP contribution in [0.5, 0.6) is 0 Å². The monoisotopic (exact) mass is 315 g/mol. The quantitative estimate of drug-likeness (QED) is 0.928. The van der Waals surface area contributed by atoms with E-state index in [0.29, 0.717) is 11.4 Å². The summed E-state index contributed by atoms with van der Waals surface area (Å²) in [5.41, 5.74) is 0.684. The molecule has 1 heterocycles. The van der Waals surface area contributed by atoms with Crippen molar-refractivity contribution < 1.29 is 4.79 Å². The molecular weight excluding hydrogens is 302 g/mol. The fourth-order valence-corrected chi connectivity index (χ4v) is 2.85. The molecule has 1 N–H and O–H groups in total. The van der Waals surface area contributed by atoms with Gasteiger partial charge in [-0.2, -0.15) is 0 Å². The minimum atomic E-state index is -0.226. The molecule has 1 aromatic carbocycles. The molecule has 1 unspecified atom stereocenters. The summed E-state index contributed by atoms with van der Waals surface area (Å²) < 4.78 is 0.937. The Morgan fingerprint density at radius 1 is 1.59 bits per heavy atom. The minimum absolute atomic E-state index is 0.226. The van der Waals surface area contributed by atoms with Crippen LogP contribution in [0, 0.1) is 5.41 Å². The predicted molar refractivity (Wildman–Crippen MR) is 73.5 cm³/mol. The van der Waals surface area contributed by atoms with Gasteiger partial charge in [0.2, 0.25) is 0 Å². The van der Waals surface area contributed by atoms with Gasteiger partial charge >= 0.3 is 0 Å². The number of halogens is 2. The van der Waals surface area contributed by atoms with Gasteiger partial charge in [-0.3, -0.25) is 4.79 Å². The Hall–Kier alpha value is -0.380. The lowest BCUT2D eigenvalue weighted by Crippen LogP contribution is -2.31. The van der Waals surface area contributed by atoms with E-state index < -0.39 is 0 Å². The maximum Gasteiger partial charge on any atom is 0.144 e. The van der Waals surface area contributed by atoms with Crippen LogP contribution in [0.3, 0.4) is 0 Å². The van der Waals surface area contributed by atoms with Crippen LogP contribution in [0.15, 0.2) is 22.7 Å². The van der Waals surface area contributed by atoms with Crippen molar-refractivity contribution in [1.29, 1.82) is 0 Å². The number of carbonyl (C=O) groups excluding carboxylic acids is 1. The number of rotatable bonds is 3. The molecule has 0 aliphatic carbocycles. The van der Waals surface area contributed by atoms with E-state index in [9.17, 15) is 4.79 Å². The zero-order chi connectivity index (χ0) is 12.5. The van der Waals surface area contributed by atoms with Crippen molar-refractivity contribution in [3.63, 3.8) is 0 Å². The van der Waals surface area contributed by atoms with Crippen molar-refractivity contribution >= 4 is 33.3 Å². The topological polar surface area (TPSA) is 29.1 Å². The number of ketones is 1. The SMILES string of the molecule is CC1(C(=O)Cc2ccc(Br)cc2Cl)CCNC1. The summed E-state index contributed by atoms with van der Waals surface area (Å²) in [5, 5.41) is 3.90. The van der Waals surface area contributed by atoms with E-state index in [0.717, 1.165) is 29.5 Å². The van der Waals surface area contributed by atoms with E-state index in [-0.39, 0.29) is 11.2 Å². The fourth-order valence-electron chi connectivity index (χ4n) is 2.11. The molecule has 0 saturated carbocycles. The van der Waals surface area contributed by atoms with Gasteiger partial charge in [0.1, 0.15) is 5.78 Å². The average Bonchev–Trinajstić information content (AvgIpc) is 2.71. The molecule has 0 aromatic heterocycles. The van der Waals surface area contributed by atoms with Crippen LogP contribution in [0.4, 0.5) is 0 Å². The number of carbonyl (C=O) groups is 1. The molecule has 1 saturated heterocycles. The molecule has 1 aromatic rings. The van der Waals surface area contributed by atoms with Crippen molar-refractivity contribution in [2.75, 3.05) is 13.1 Å². The van der Waals surface area contributed by atoms with Crippen molar-refractivity contribution in [2.24, 2.45) is 5.41 Å². The van der Waals surface area contributed by atoms with Gasteiger partial charge in [0.25, 0.3) is 0 Å². The molecule has 2 rings (SSSR count). The maximum atomic E-state index is 12.3. The van der Waals surface area contributed by atoms with E-state index in [4.69, 9.17) is 11.6 Å². The molecule has 1 aliphatic heterocycles. The normalized spacial score (nSPS) is 23.9. The molecule has 1 atom stereocenters. The van der Waals surface area contributed by atoms with Gasteiger partial charge < -0.3 is 5.32 Å². The van der Waals surface area contributed by atoms with Crippen molar-refractivity contribution in [3.05, 3.63) is 33.3 Å². The largest absolute Gasteiger partial charge is 0.316 e. The van der Waals surface area contributed by atoms with Gasteiger partial charge in [-0.05, 0) is 30.7 Å². The Morgan fingerprint density at radius 3 is 2.94 bits per heavy atom. The molecule has 1 aliphatic rings. The third kappa shape index (κ3) is 2.90. The van der Waals surface area contributed by atoms with Gasteiger partial charge in [-0.25, -0.2) is 0 Å². The van der Waals surface area contributed by atoms with Crippen LogP contribution in [0.1, 0.15) is 18.9 Å². The highest BCUT2D eigenvalue weighted by molar-refractivity contribution is 9.10. The van der Waals surface area contributed by atoms with Crippen LogP contribution >= 0.6 is 27.5 Å². The number of hydrogen-bond donors (Lipinski definition) is 1. The third-order valence-electron chi connectivity index (χ3n) is 3.41. The van der Waals surface area contributed by atoms with E-state index in [1.54, 1.807) is 0 Å². The lowest BCUT2D eigenvalue weighted by Gasteiger charge is -2.21. The zero-order valence-corrected chi connectivity index (χ0v) is 12.1. The van der Waals surface area contributed by atoms with Gasteiger partial charge in [0, 0.05) is 27.9 Å². The Morgan fingerprint density at radius 2 is 2.35 bits per heavy atom. The van der Waals surface area contributed by atoms with Crippen molar-refractivity contribution in [1.82, 2.24) is 5.32 Å².